The van der Waals surface area contributed by atoms with E-state index < -0.39 is 0 Å². The first-order chi connectivity index (χ1) is 8.95. The second kappa shape index (κ2) is 5.54. The first-order valence-corrected chi connectivity index (χ1v) is 7.45. The van der Waals surface area contributed by atoms with Gasteiger partial charge in [-0.1, -0.05) is 46.8 Å². The Morgan fingerprint density at radius 3 is 2.37 bits per heavy atom. The number of hydrogen-bond donors (Lipinski definition) is 1. The highest BCUT2D eigenvalue weighted by Gasteiger charge is 2.49. The fourth-order valence-corrected chi connectivity index (χ4v) is 2.77. The summed E-state index contributed by atoms with van der Waals surface area (Å²) in [5, 5.41) is 3.53. The van der Waals surface area contributed by atoms with Crippen LogP contribution in [0.25, 0.3) is 0 Å². The molecule has 19 heavy (non-hydrogen) atoms. The van der Waals surface area contributed by atoms with Gasteiger partial charge in [-0.3, -0.25) is 0 Å². The van der Waals surface area contributed by atoms with E-state index in [1.807, 2.05) is 0 Å². The molecule has 2 atom stereocenters. The average molecular weight is 261 g/mol. The molecule has 0 aliphatic heterocycles. The molecule has 0 amide bonds. The molecule has 0 heterocycles. The van der Waals surface area contributed by atoms with Crippen LogP contribution in [-0.2, 0) is 0 Å². The maximum Gasteiger partial charge on any atom is 0.119 e. The maximum absolute atomic E-state index is 6.14. The van der Waals surface area contributed by atoms with E-state index in [0.717, 1.165) is 18.7 Å². The lowest BCUT2D eigenvalue weighted by molar-refractivity contribution is -0.0541. The third-order valence-electron chi connectivity index (χ3n) is 4.45. The molecule has 2 heteroatoms. The second-order valence-electron chi connectivity index (χ2n) is 6.50. The largest absolute Gasteiger partial charge is 0.490 e. The Morgan fingerprint density at radius 1 is 1.26 bits per heavy atom. The van der Waals surface area contributed by atoms with Crippen LogP contribution in [0.3, 0.4) is 0 Å². The zero-order valence-electron chi connectivity index (χ0n) is 12.9. The molecule has 1 fully saturated rings. The first-order valence-electron chi connectivity index (χ1n) is 7.45. The van der Waals surface area contributed by atoms with Crippen LogP contribution < -0.4 is 10.1 Å². The Labute approximate surface area is 117 Å². The van der Waals surface area contributed by atoms with E-state index in [2.05, 4.69) is 64.2 Å². The van der Waals surface area contributed by atoms with Crippen molar-refractivity contribution >= 4 is 0 Å². The molecule has 1 aliphatic rings. The smallest absolute Gasteiger partial charge is 0.119 e. The first kappa shape index (κ1) is 14.4. The Bertz CT molecular complexity index is 408. The summed E-state index contributed by atoms with van der Waals surface area (Å²) in [4.78, 5) is 0. The van der Waals surface area contributed by atoms with Gasteiger partial charge < -0.3 is 10.1 Å². The van der Waals surface area contributed by atoms with Crippen molar-refractivity contribution in [3.8, 4) is 5.75 Å². The highest BCUT2D eigenvalue weighted by molar-refractivity contribution is 5.29. The topological polar surface area (TPSA) is 21.3 Å². The van der Waals surface area contributed by atoms with Crippen molar-refractivity contribution in [2.24, 2.45) is 5.41 Å². The van der Waals surface area contributed by atoms with Gasteiger partial charge in [-0.2, -0.15) is 0 Å². The van der Waals surface area contributed by atoms with Crippen LogP contribution in [0, 0.1) is 5.41 Å². The minimum absolute atomic E-state index is 0.215. The van der Waals surface area contributed by atoms with Gasteiger partial charge >= 0.3 is 0 Å². The zero-order chi connectivity index (χ0) is 14.0. The number of ether oxygens (including phenoxy) is 1. The van der Waals surface area contributed by atoms with Gasteiger partial charge in [-0.25, -0.2) is 0 Å². The Morgan fingerprint density at radius 2 is 1.89 bits per heavy atom. The van der Waals surface area contributed by atoms with Crippen LogP contribution in [0.4, 0.5) is 0 Å². The van der Waals surface area contributed by atoms with Crippen molar-refractivity contribution in [2.45, 2.75) is 59.1 Å². The number of rotatable bonds is 5. The lowest BCUT2D eigenvalue weighted by Crippen LogP contribution is -2.62. The quantitative estimate of drug-likeness (QED) is 0.866. The van der Waals surface area contributed by atoms with Gasteiger partial charge in [0.2, 0.25) is 0 Å². The van der Waals surface area contributed by atoms with E-state index in [1.54, 1.807) is 0 Å². The summed E-state index contributed by atoms with van der Waals surface area (Å²) in [7, 11) is 0. The molecule has 1 saturated carbocycles. The van der Waals surface area contributed by atoms with Crippen molar-refractivity contribution in [1.82, 2.24) is 5.32 Å². The summed E-state index contributed by atoms with van der Waals surface area (Å²) in [6, 6.07) is 9.14. The van der Waals surface area contributed by atoms with Crippen LogP contribution >= 0.6 is 0 Å². The van der Waals surface area contributed by atoms with Gasteiger partial charge in [-0.15, -0.1) is 0 Å². The molecule has 1 aliphatic carbocycles. The van der Waals surface area contributed by atoms with Gasteiger partial charge in [0.15, 0.2) is 0 Å². The third kappa shape index (κ3) is 2.94. The van der Waals surface area contributed by atoms with Crippen LogP contribution in [0.5, 0.6) is 5.75 Å². The van der Waals surface area contributed by atoms with E-state index in [9.17, 15) is 0 Å². The van der Waals surface area contributed by atoms with E-state index in [1.165, 1.54) is 5.56 Å². The summed E-state index contributed by atoms with van der Waals surface area (Å²) in [5.74, 6) is 1.57. The normalized spacial score (nSPS) is 25.2. The van der Waals surface area contributed by atoms with Gasteiger partial charge in [0.05, 0.1) is 0 Å². The van der Waals surface area contributed by atoms with E-state index >= 15 is 0 Å². The SMILES string of the molecule is CCNC1CC(Oc2ccc(C(C)C)cc2)C1(C)C. The monoisotopic (exact) mass is 261 g/mol. The summed E-state index contributed by atoms with van der Waals surface area (Å²) in [6.07, 6.45) is 1.42. The maximum atomic E-state index is 6.14. The molecular weight excluding hydrogens is 234 g/mol. The molecule has 0 spiro atoms. The van der Waals surface area contributed by atoms with Gasteiger partial charge in [0.25, 0.3) is 0 Å². The molecule has 2 nitrogen and oxygen atoms in total. The molecule has 0 bridgehead atoms. The molecule has 1 N–H and O–H groups in total. The molecular formula is C17H27NO. The summed E-state index contributed by atoms with van der Waals surface area (Å²) in [5.41, 5.74) is 1.58. The van der Waals surface area contributed by atoms with Crippen LogP contribution in [0.15, 0.2) is 24.3 Å². The van der Waals surface area contributed by atoms with Crippen LogP contribution in [-0.4, -0.2) is 18.7 Å². The lowest BCUT2D eigenvalue weighted by Gasteiger charge is -2.51. The molecule has 0 aromatic heterocycles. The minimum Gasteiger partial charge on any atom is -0.490 e. The Kier molecular flexibility index (Phi) is 4.19. The predicted molar refractivity (Wildman–Crippen MR) is 80.8 cm³/mol. The van der Waals surface area contributed by atoms with Crippen LogP contribution in [0.2, 0.25) is 0 Å². The molecule has 2 rings (SSSR count). The van der Waals surface area contributed by atoms with Crippen molar-refractivity contribution in [3.63, 3.8) is 0 Å². The van der Waals surface area contributed by atoms with E-state index in [0.29, 0.717) is 18.1 Å². The Hall–Kier alpha value is -1.02. The summed E-state index contributed by atoms with van der Waals surface area (Å²) >= 11 is 0. The fraction of sp³-hybridized carbons (Fsp3) is 0.647. The molecule has 2 unspecified atom stereocenters. The van der Waals surface area contributed by atoms with E-state index in [-0.39, 0.29) is 5.41 Å². The van der Waals surface area contributed by atoms with Crippen molar-refractivity contribution in [1.29, 1.82) is 0 Å². The molecule has 0 radical (unpaired) electrons. The molecule has 106 valence electrons. The molecule has 1 aromatic rings. The predicted octanol–water partition coefficient (Wildman–Crippen LogP) is 3.97. The second-order valence-corrected chi connectivity index (χ2v) is 6.50. The minimum atomic E-state index is 0.215. The van der Waals surface area contributed by atoms with E-state index in [4.69, 9.17) is 4.74 Å². The lowest BCUT2D eigenvalue weighted by atomic mass is 9.64. The fourth-order valence-electron chi connectivity index (χ4n) is 2.77. The highest BCUT2D eigenvalue weighted by Crippen LogP contribution is 2.43. The van der Waals surface area contributed by atoms with Crippen molar-refractivity contribution in [3.05, 3.63) is 29.8 Å². The van der Waals surface area contributed by atoms with Gasteiger partial charge in [-0.05, 0) is 30.2 Å². The molecule has 0 saturated heterocycles. The Balaban J connectivity index is 1.95. The highest BCUT2D eigenvalue weighted by atomic mass is 16.5. The standard InChI is InChI=1S/C17H27NO/c1-6-18-15-11-16(17(15,4)5)19-14-9-7-13(8-10-14)12(2)3/h7-10,12,15-16,18H,6,11H2,1-5H3. The molecule has 1 aromatic carbocycles. The van der Waals surface area contributed by atoms with Crippen LogP contribution in [0.1, 0.15) is 52.5 Å². The number of hydrogen-bond acceptors (Lipinski definition) is 2. The third-order valence-corrected chi connectivity index (χ3v) is 4.45. The van der Waals surface area contributed by atoms with Crippen molar-refractivity contribution < 1.29 is 4.74 Å². The summed E-state index contributed by atoms with van der Waals surface area (Å²) in [6.45, 7) is 12.2. The van der Waals surface area contributed by atoms with Gasteiger partial charge in [0.1, 0.15) is 11.9 Å². The number of benzene rings is 1. The van der Waals surface area contributed by atoms with Gasteiger partial charge in [0, 0.05) is 17.9 Å². The average Bonchev–Trinajstić information content (AvgIpc) is 2.38. The summed E-state index contributed by atoms with van der Waals surface area (Å²) < 4.78 is 6.14. The number of nitrogens with one attached hydrogen (secondary N) is 1. The van der Waals surface area contributed by atoms with Crippen molar-refractivity contribution in [2.75, 3.05) is 6.54 Å². The zero-order valence-corrected chi connectivity index (χ0v) is 12.9.